The molecule has 0 spiro atoms. The number of carbonyl (C=O) groups is 1. The first-order chi connectivity index (χ1) is 17.0. The van der Waals surface area contributed by atoms with Gasteiger partial charge in [0.25, 0.3) is 5.91 Å². The van der Waals surface area contributed by atoms with Gasteiger partial charge in [-0.25, -0.2) is 0 Å². The highest BCUT2D eigenvalue weighted by atomic mass is 35.5. The number of benzene rings is 2. The van der Waals surface area contributed by atoms with Crippen molar-refractivity contribution < 1.29 is 13.9 Å². The maximum atomic E-state index is 12.9. The molecule has 0 aliphatic carbocycles. The molecule has 1 N–H and O–H groups in total. The summed E-state index contributed by atoms with van der Waals surface area (Å²) in [6.07, 6.45) is 1.77. The van der Waals surface area contributed by atoms with Crippen LogP contribution in [-0.2, 0) is 11.3 Å². The van der Waals surface area contributed by atoms with Crippen LogP contribution in [0.15, 0.2) is 46.9 Å². The molecule has 3 heterocycles. The number of carbonyl (C=O) groups excluding carboxylic acids is 1. The number of nitrogens with one attached hydrogen (secondary N) is 1. The SMILES string of the molecule is Cc1c(CN2CCN(C(=O)c3ccccc3)[C@@H](C)C2)cc(Cl)cc1Nc1nnc(C2CCCO2)o1. The van der Waals surface area contributed by atoms with Crippen LogP contribution in [0.3, 0.4) is 0 Å². The molecule has 2 aliphatic rings. The minimum absolute atomic E-state index is 0.0881. The van der Waals surface area contributed by atoms with E-state index >= 15 is 0 Å². The summed E-state index contributed by atoms with van der Waals surface area (Å²) in [7, 11) is 0. The van der Waals surface area contributed by atoms with E-state index in [0.29, 0.717) is 23.5 Å². The third-order valence-electron chi connectivity index (χ3n) is 6.75. The molecule has 1 amide bonds. The van der Waals surface area contributed by atoms with Crippen LogP contribution in [-0.4, -0.2) is 58.2 Å². The van der Waals surface area contributed by atoms with E-state index in [4.69, 9.17) is 20.8 Å². The number of ether oxygens (including phenoxy) is 1. The zero-order valence-corrected chi connectivity index (χ0v) is 20.8. The molecular weight excluding hydrogens is 466 g/mol. The van der Waals surface area contributed by atoms with Gasteiger partial charge >= 0.3 is 6.01 Å². The molecule has 2 atom stereocenters. The highest BCUT2D eigenvalue weighted by Gasteiger charge is 2.28. The van der Waals surface area contributed by atoms with Crippen LogP contribution in [0.2, 0.25) is 5.02 Å². The second-order valence-electron chi connectivity index (χ2n) is 9.26. The smallest absolute Gasteiger partial charge is 0.320 e. The van der Waals surface area contributed by atoms with Crippen molar-refractivity contribution in [2.75, 3.05) is 31.6 Å². The Morgan fingerprint density at radius 1 is 1.20 bits per heavy atom. The Labute approximate surface area is 210 Å². The van der Waals surface area contributed by atoms with E-state index in [0.717, 1.165) is 61.5 Å². The van der Waals surface area contributed by atoms with Crippen LogP contribution in [0.5, 0.6) is 0 Å². The van der Waals surface area contributed by atoms with E-state index in [-0.39, 0.29) is 18.1 Å². The van der Waals surface area contributed by atoms with Crippen LogP contribution in [0.25, 0.3) is 0 Å². The van der Waals surface area contributed by atoms with E-state index in [2.05, 4.69) is 34.3 Å². The lowest BCUT2D eigenvalue weighted by atomic mass is 10.0. The lowest BCUT2D eigenvalue weighted by Crippen LogP contribution is -2.53. The zero-order valence-electron chi connectivity index (χ0n) is 20.0. The number of rotatable bonds is 6. The Balaban J connectivity index is 1.25. The van der Waals surface area contributed by atoms with Crippen LogP contribution in [0.1, 0.15) is 53.2 Å². The van der Waals surface area contributed by atoms with Crippen LogP contribution >= 0.6 is 11.6 Å². The summed E-state index contributed by atoms with van der Waals surface area (Å²) >= 11 is 6.48. The van der Waals surface area contributed by atoms with Gasteiger partial charge < -0.3 is 19.4 Å². The molecule has 1 unspecified atom stereocenters. The molecule has 8 nitrogen and oxygen atoms in total. The molecule has 0 saturated carbocycles. The normalized spacial score (nSPS) is 20.8. The number of aromatic nitrogens is 2. The number of amides is 1. The van der Waals surface area contributed by atoms with Gasteiger partial charge in [0, 0.05) is 55.1 Å². The maximum Gasteiger partial charge on any atom is 0.320 e. The van der Waals surface area contributed by atoms with Gasteiger partial charge in [0.15, 0.2) is 0 Å². The van der Waals surface area contributed by atoms with Gasteiger partial charge in [0.1, 0.15) is 6.10 Å². The van der Waals surface area contributed by atoms with Crippen LogP contribution in [0.4, 0.5) is 11.7 Å². The summed E-state index contributed by atoms with van der Waals surface area (Å²) in [4.78, 5) is 17.3. The average Bonchev–Trinajstić information content (AvgIpc) is 3.55. The van der Waals surface area contributed by atoms with Crippen molar-refractivity contribution in [3.8, 4) is 0 Å². The largest absolute Gasteiger partial charge is 0.405 e. The predicted octanol–water partition coefficient (Wildman–Crippen LogP) is 4.97. The minimum atomic E-state index is -0.122. The Bertz CT molecular complexity index is 1180. The predicted molar refractivity (Wildman–Crippen MR) is 134 cm³/mol. The maximum absolute atomic E-state index is 12.9. The third kappa shape index (κ3) is 5.34. The highest BCUT2D eigenvalue weighted by molar-refractivity contribution is 6.31. The first-order valence-electron chi connectivity index (χ1n) is 12.1. The van der Waals surface area contributed by atoms with Gasteiger partial charge in [-0.05, 0) is 62.1 Å². The van der Waals surface area contributed by atoms with E-state index in [1.165, 1.54) is 0 Å². The lowest BCUT2D eigenvalue weighted by Gasteiger charge is -2.40. The van der Waals surface area contributed by atoms with Crippen molar-refractivity contribution in [1.82, 2.24) is 20.0 Å². The Morgan fingerprint density at radius 2 is 2.03 bits per heavy atom. The standard InChI is InChI=1S/C26H30ClN5O3/c1-17-15-31(10-11-32(17)25(33)19-7-4-3-5-8-19)16-20-13-21(27)14-22(18(20)2)28-26-30-29-24(35-26)23-9-6-12-34-23/h3-5,7-8,13-14,17,23H,6,9-12,15-16H2,1-2H3,(H,28,30)/t17-,23?/m0/s1. The molecule has 0 radical (unpaired) electrons. The van der Waals surface area contributed by atoms with E-state index in [9.17, 15) is 4.79 Å². The Kier molecular flexibility index (Phi) is 7.04. The molecule has 35 heavy (non-hydrogen) atoms. The molecule has 1 aromatic heterocycles. The molecule has 9 heteroatoms. The van der Waals surface area contributed by atoms with Gasteiger partial charge in [-0.15, -0.1) is 5.10 Å². The molecule has 0 bridgehead atoms. The zero-order chi connectivity index (χ0) is 24.4. The number of hydrogen-bond donors (Lipinski definition) is 1. The molecule has 2 fully saturated rings. The van der Waals surface area contributed by atoms with Gasteiger partial charge in [0.05, 0.1) is 0 Å². The Morgan fingerprint density at radius 3 is 2.77 bits per heavy atom. The van der Waals surface area contributed by atoms with Crippen molar-refractivity contribution in [2.24, 2.45) is 0 Å². The van der Waals surface area contributed by atoms with Gasteiger partial charge in [-0.3, -0.25) is 9.69 Å². The second-order valence-corrected chi connectivity index (χ2v) is 9.69. The number of hydrogen-bond acceptors (Lipinski definition) is 7. The van der Waals surface area contributed by atoms with E-state index < -0.39 is 0 Å². The number of nitrogens with zero attached hydrogens (tertiary/aromatic N) is 4. The fourth-order valence-electron chi connectivity index (χ4n) is 4.80. The number of piperazine rings is 1. The van der Waals surface area contributed by atoms with Crippen molar-refractivity contribution in [1.29, 1.82) is 0 Å². The second kappa shape index (κ2) is 10.4. The Hall–Kier alpha value is -2.94. The fourth-order valence-corrected chi connectivity index (χ4v) is 5.04. The van der Waals surface area contributed by atoms with E-state index in [1.807, 2.05) is 47.4 Å². The fraction of sp³-hybridized carbons (Fsp3) is 0.423. The molecule has 5 rings (SSSR count). The molecule has 3 aromatic rings. The van der Waals surface area contributed by atoms with Crippen molar-refractivity contribution >= 4 is 29.2 Å². The summed E-state index contributed by atoms with van der Waals surface area (Å²) in [5.41, 5.74) is 3.76. The van der Waals surface area contributed by atoms with Gasteiger partial charge in [0.2, 0.25) is 5.89 Å². The topological polar surface area (TPSA) is 83.7 Å². The summed E-state index contributed by atoms with van der Waals surface area (Å²) < 4.78 is 11.4. The first kappa shape index (κ1) is 23.8. The minimum Gasteiger partial charge on any atom is -0.405 e. The third-order valence-corrected chi connectivity index (χ3v) is 6.97. The van der Waals surface area contributed by atoms with Crippen molar-refractivity contribution in [3.05, 3.63) is 70.1 Å². The first-order valence-corrected chi connectivity index (χ1v) is 12.4. The van der Waals surface area contributed by atoms with Crippen molar-refractivity contribution in [3.63, 3.8) is 0 Å². The molecule has 2 aromatic carbocycles. The molecule has 2 saturated heterocycles. The van der Waals surface area contributed by atoms with Crippen molar-refractivity contribution in [2.45, 2.75) is 45.4 Å². The lowest BCUT2D eigenvalue weighted by molar-refractivity contribution is 0.0475. The van der Waals surface area contributed by atoms with Gasteiger partial charge in [-0.1, -0.05) is 34.9 Å². The molecule has 184 valence electrons. The highest BCUT2D eigenvalue weighted by Crippen LogP contribution is 2.31. The summed E-state index contributed by atoms with van der Waals surface area (Å²) in [5, 5.41) is 12.1. The van der Waals surface area contributed by atoms with Gasteiger partial charge in [-0.2, -0.15) is 0 Å². The number of anilines is 2. The quantitative estimate of drug-likeness (QED) is 0.516. The summed E-state index contributed by atoms with van der Waals surface area (Å²) in [6, 6.07) is 13.8. The van der Waals surface area contributed by atoms with E-state index in [1.54, 1.807) is 0 Å². The van der Waals surface area contributed by atoms with Crippen LogP contribution < -0.4 is 5.32 Å². The average molecular weight is 496 g/mol. The molecule has 2 aliphatic heterocycles. The monoisotopic (exact) mass is 495 g/mol. The summed E-state index contributed by atoms with van der Waals surface area (Å²) in [6.45, 7) is 7.90. The molecular formula is C26H30ClN5O3. The number of halogens is 1. The van der Waals surface area contributed by atoms with Crippen LogP contribution in [0, 0.1) is 6.92 Å². The summed E-state index contributed by atoms with van der Waals surface area (Å²) in [5.74, 6) is 0.590.